The summed E-state index contributed by atoms with van der Waals surface area (Å²) >= 11 is 2.68. The number of carbonyl (C=O) groups is 1. The Labute approximate surface area is 226 Å². The van der Waals surface area contributed by atoms with Crippen LogP contribution in [0.3, 0.4) is 0 Å². The third-order valence-corrected chi connectivity index (χ3v) is 8.19. The number of nitrogens with zero attached hydrogens (tertiary/aromatic N) is 2. The number of carbonyl (C=O) groups excluding carboxylic acids is 1. The predicted octanol–water partition coefficient (Wildman–Crippen LogP) is 6.10. The van der Waals surface area contributed by atoms with E-state index < -0.39 is 10.0 Å². The number of allylic oxidation sites excluding steroid dienone is 1. The van der Waals surface area contributed by atoms with E-state index in [9.17, 15) is 18.5 Å². The lowest BCUT2D eigenvalue weighted by atomic mass is 10.2. The van der Waals surface area contributed by atoms with Crippen LogP contribution in [-0.4, -0.2) is 19.3 Å². The molecule has 0 saturated heterocycles. The van der Waals surface area contributed by atoms with Crippen LogP contribution in [0.15, 0.2) is 93.6 Å². The van der Waals surface area contributed by atoms with Gasteiger partial charge in [0, 0.05) is 17.2 Å². The summed E-state index contributed by atoms with van der Waals surface area (Å²) in [5.74, 6) is 0.628. The molecule has 0 aliphatic heterocycles. The average molecular weight is 559 g/mol. The van der Waals surface area contributed by atoms with E-state index in [1.807, 2.05) is 23.6 Å². The number of sulfonamides is 1. The SMILES string of the molecule is N#C/C(=C\c1ccc(-c2ccc(S(N)(=O)=O)cc2)o1)c1nc(-c2cccs2)c(NC(=O)c2ccccc2)s1. The molecule has 0 spiro atoms. The van der Waals surface area contributed by atoms with Crippen LogP contribution >= 0.6 is 22.7 Å². The van der Waals surface area contributed by atoms with Crippen LogP contribution in [0.4, 0.5) is 5.00 Å². The third-order valence-electron chi connectivity index (χ3n) is 5.38. The quantitative estimate of drug-likeness (QED) is 0.232. The topological polar surface area (TPSA) is 139 Å². The summed E-state index contributed by atoms with van der Waals surface area (Å²) in [6.07, 6.45) is 1.57. The molecule has 0 unspecified atom stereocenters. The molecule has 5 aromatic rings. The zero-order chi connectivity index (χ0) is 26.7. The van der Waals surface area contributed by atoms with Gasteiger partial charge >= 0.3 is 0 Å². The molecular formula is C27H18N4O4S3. The summed E-state index contributed by atoms with van der Waals surface area (Å²) in [7, 11) is -3.80. The van der Waals surface area contributed by atoms with Gasteiger partial charge in [-0.2, -0.15) is 5.26 Å². The number of furan rings is 1. The number of amides is 1. The molecule has 188 valence electrons. The third kappa shape index (κ3) is 5.49. The van der Waals surface area contributed by atoms with Gasteiger partial charge in [-0.15, -0.1) is 11.3 Å². The summed E-state index contributed by atoms with van der Waals surface area (Å²) < 4.78 is 28.9. The summed E-state index contributed by atoms with van der Waals surface area (Å²) in [4.78, 5) is 18.4. The van der Waals surface area contributed by atoms with Gasteiger partial charge in [-0.1, -0.05) is 35.6 Å². The zero-order valence-corrected chi connectivity index (χ0v) is 21.9. The minimum Gasteiger partial charge on any atom is -0.457 e. The predicted molar refractivity (Wildman–Crippen MR) is 149 cm³/mol. The fraction of sp³-hybridized carbons (Fsp3) is 0. The molecular weight excluding hydrogens is 541 g/mol. The first-order chi connectivity index (χ1) is 18.3. The van der Waals surface area contributed by atoms with Gasteiger partial charge in [0.05, 0.1) is 15.3 Å². The van der Waals surface area contributed by atoms with Crippen molar-refractivity contribution < 1.29 is 17.6 Å². The highest BCUT2D eigenvalue weighted by Gasteiger charge is 2.20. The molecule has 11 heteroatoms. The first-order valence-corrected chi connectivity index (χ1v) is 14.3. The molecule has 0 atom stereocenters. The van der Waals surface area contributed by atoms with E-state index in [0.717, 1.165) is 4.88 Å². The number of rotatable bonds is 7. The number of nitriles is 1. The lowest BCUT2D eigenvalue weighted by Gasteiger charge is -2.04. The molecule has 0 radical (unpaired) electrons. The Morgan fingerprint density at radius 1 is 1.03 bits per heavy atom. The van der Waals surface area contributed by atoms with Crippen LogP contribution in [0.25, 0.3) is 33.5 Å². The molecule has 38 heavy (non-hydrogen) atoms. The van der Waals surface area contributed by atoms with Crippen LogP contribution < -0.4 is 10.5 Å². The molecule has 3 heterocycles. The molecule has 5 rings (SSSR count). The Hall–Kier alpha value is -4.34. The molecule has 1 amide bonds. The van der Waals surface area contributed by atoms with Crippen molar-refractivity contribution in [1.82, 2.24) is 4.98 Å². The monoisotopic (exact) mass is 558 g/mol. The average Bonchev–Trinajstić information content (AvgIpc) is 3.69. The van der Waals surface area contributed by atoms with Crippen molar-refractivity contribution in [2.24, 2.45) is 5.14 Å². The maximum absolute atomic E-state index is 12.8. The van der Waals surface area contributed by atoms with E-state index in [1.165, 1.54) is 34.8 Å². The number of nitrogens with two attached hydrogens (primary N) is 1. The smallest absolute Gasteiger partial charge is 0.256 e. The highest BCUT2D eigenvalue weighted by molar-refractivity contribution is 7.89. The van der Waals surface area contributed by atoms with Crippen LogP contribution in [0.5, 0.6) is 0 Å². The van der Waals surface area contributed by atoms with E-state index in [2.05, 4.69) is 16.4 Å². The summed E-state index contributed by atoms with van der Waals surface area (Å²) in [5.41, 5.74) is 2.01. The number of hydrogen-bond acceptors (Lipinski definition) is 8. The van der Waals surface area contributed by atoms with E-state index in [4.69, 9.17) is 9.56 Å². The number of thiazole rings is 1. The lowest BCUT2D eigenvalue weighted by molar-refractivity contribution is 0.102. The Morgan fingerprint density at radius 3 is 2.45 bits per heavy atom. The summed E-state index contributed by atoms with van der Waals surface area (Å²) in [6, 6.07) is 24.2. The maximum Gasteiger partial charge on any atom is 0.256 e. The molecule has 0 saturated carbocycles. The highest BCUT2D eigenvalue weighted by Crippen LogP contribution is 2.39. The van der Waals surface area contributed by atoms with Gasteiger partial charge in [0.15, 0.2) is 0 Å². The van der Waals surface area contributed by atoms with Gasteiger partial charge in [0.25, 0.3) is 5.91 Å². The second kappa shape index (κ2) is 10.6. The Morgan fingerprint density at radius 2 is 1.79 bits per heavy atom. The van der Waals surface area contributed by atoms with E-state index in [0.29, 0.717) is 38.4 Å². The highest BCUT2D eigenvalue weighted by atomic mass is 32.2. The standard InChI is InChI=1S/C27H18N4O4S3/c28-16-19(15-20-10-13-22(35-20)17-8-11-21(12-9-17)38(29,33)34)26-30-24(23-7-4-14-36-23)27(37-26)31-25(32)18-5-2-1-3-6-18/h1-15H,(H,31,32)(H2,29,33,34)/b19-15+. The van der Waals surface area contributed by atoms with Gasteiger partial charge in [0.1, 0.15) is 33.3 Å². The maximum atomic E-state index is 12.8. The molecule has 2 aromatic carbocycles. The molecule has 0 aliphatic rings. The van der Waals surface area contributed by atoms with Crippen molar-refractivity contribution in [3.8, 4) is 28.0 Å². The lowest BCUT2D eigenvalue weighted by Crippen LogP contribution is -2.11. The second-order valence-electron chi connectivity index (χ2n) is 7.94. The minimum atomic E-state index is -3.80. The number of anilines is 1. The minimum absolute atomic E-state index is 0.000154. The number of primary sulfonamides is 1. The number of thiophene rings is 1. The van der Waals surface area contributed by atoms with Crippen molar-refractivity contribution in [3.05, 3.63) is 101 Å². The van der Waals surface area contributed by atoms with E-state index >= 15 is 0 Å². The summed E-state index contributed by atoms with van der Waals surface area (Å²) in [5, 5.41) is 20.9. The number of nitrogens with one attached hydrogen (secondary N) is 1. The van der Waals surface area contributed by atoms with Gasteiger partial charge in [-0.05, 0) is 60.0 Å². The zero-order valence-electron chi connectivity index (χ0n) is 19.5. The molecule has 3 aromatic heterocycles. The first kappa shape index (κ1) is 25.3. The molecule has 8 nitrogen and oxygen atoms in total. The van der Waals surface area contributed by atoms with Crippen LogP contribution in [0.1, 0.15) is 21.1 Å². The number of hydrogen-bond donors (Lipinski definition) is 2. The van der Waals surface area contributed by atoms with Crippen molar-refractivity contribution in [2.45, 2.75) is 4.90 Å². The van der Waals surface area contributed by atoms with E-state index in [1.54, 1.807) is 54.6 Å². The molecule has 0 fully saturated rings. The Kier molecular flexibility index (Phi) is 7.04. The Bertz CT molecular complexity index is 1780. The largest absolute Gasteiger partial charge is 0.457 e. The van der Waals surface area contributed by atoms with Crippen molar-refractivity contribution in [1.29, 1.82) is 5.26 Å². The number of benzene rings is 2. The van der Waals surface area contributed by atoms with Gasteiger partial charge in [-0.3, -0.25) is 4.79 Å². The first-order valence-electron chi connectivity index (χ1n) is 11.1. The molecule has 0 bridgehead atoms. The fourth-order valence-corrected chi connectivity index (χ4v) is 5.78. The molecule has 0 aliphatic carbocycles. The Balaban J connectivity index is 1.46. The van der Waals surface area contributed by atoms with Crippen molar-refractivity contribution in [3.63, 3.8) is 0 Å². The van der Waals surface area contributed by atoms with E-state index in [-0.39, 0.29) is 16.4 Å². The normalized spacial score (nSPS) is 11.7. The van der Waals surface area contributed by atoms with Crippen molar-refractivity contribution in [2.75, 3.05) is 5.32 Å². The van der Waals surface area contributed by atoms with Crippen LogP contribution in [-0.2, 0) is 10.0 Å². The van der Waals surface area contributed by atoms with Gasteiger partial charge < -0.3 is 9.73 Å². The van der Waals surface area contributed by atoms with Crippen LogP contribution in [0, 0.1) is 11.3 Å². The van der Waals surface area contributed by atoms with Gasteiger partial charge in [0.2, 0.25) is 10.0 Å². The molecule has 3 N–H and O–H groups in total. The van der Waals surface area contributed by atoms with Crippen molar-refractivity contribution >= 4 is 55.3 Å². The van der Waals surface area contributed by atoms with Crippen LogP contribution in [0.2, 0.25) is 0 Å². The van der Waals surface area contributed by atoms with Gasteiger partial charge in [-0.25, -0.2) is 18.5 Å². The fourth-order valence-electron chi connectivity index (χ4n) is 3.54. The second-order valence-corrected chi connectivity index (χ2v) is 11.4. The summed E-state index contributed by atoms with van der Waals surface area (Å²) in [6.45, 7) is 0. The number of aromatic nitrogens is 1.